The maximum Gasteiger partial charge on any atom is 0.196 e. The minimum absolute atomic E-state index is 0.664. The van der Waals surface area contributed by atoms with Gasteiger partial charge in [-0.15, -0.1) is 10.2 Å². The molecule has 0 saturated heterocycles. The van der Waals surface area contributed by atoms with Crippen LogP contribution < -0.4 is 9.47 Å². The highest BCUT2D eigenvalue weighted by atomic mass is 32.2. The number of pyridine rings is 1. The fourth-order valence-corrected chi connectivity index (χ4v) is 4.14. The average Bonchev–Trinajstić information content (AvgIpc) is 3.22. The first-order chi connectivity index (χ1) is 14.7. The van der Waals surface area contributed by atoms with Crippen LogP contribution in [-0.2, 0) is 5.75 Å². The van der Waals surface area contributed by atoms with Crippen LogP contribution in [-0.4, -0.2) is 34.0 Å². The van der Waals surface area contributed by atoms with Crippen LogP contribution in [0.15, 0.2) is 72.1 Å². The third-order valence-electron chi connectivity index (χ3n) is 4.75. The maximum atomic E-state index is 5.52. The first kappa shape index (κ1) is 20.0. The van der Waals surface area contributed by atoms with Crippen LogP contribution in [0, 0.1) is 6.92 Å². The van der Waals surface area contributed by atoms with Gasteiger partial charge in [-0.25, -0.2) is 0 Å². The number of hydrogen-bond acceptors (Lipinski definition) is 6. The van der Waals surface area contributed by atoms with Gasteiger partial charge in [-0.3, -0.25) is 9.55 Å². The Kier molecular flexibility index (Phi) is 5.99. The van der Waals surface area contributed by atoms with Crippen molar-refractivity contribution in [2.45, 2.75) is 17.8 Å². The lowest BCUT2D eigenvalue weighted by molar-refractivity contribution is 0.400. The number of para-hydroxylation sites is 1. The van der Waals surface area contributed by atoms with Crippen molar-refractivity contribution >= 4 is 11.8 Å². The first-order valence-corrected chi connectivity index (χ1v) is 10.5. The summed E-state index contributed by atoms with van der Waals surface area (Å²) < 4.78 is 13.0. The van der Waals surface area contributed by atoms with Gasteiger partial charge in [0.25, 0.3) is 0 Å². The highest BCUT2D eigenvalue weighted by molar-refractivity contribution is 7.98. The van der Waals surface area contributed by atoms with E-state index in [0.29, 0.717) is 5.75 Å². The molecular formula is C23H22N4O2S. The van der Waals surface area contributed by atoms with Crippen molar-refractivity contribution < 1.29 is 9.47 Å². The molecule has 0 atom stereocenters. The van der Waals surface area contributed by atoms with Crippen molar-refractivity contribution in [3.63, 3.8) is 0 Å². The quantitative estimate of drug-likeness (QED) is 0.396. The molecule has 0 N–H and O–H groups in total. The second-order valence-electron chi connectivity index (χ2n) is 6.64. The molecule has 0 bridgehead atoms. The molecule has 0 saturated carbocycles. The molecule has 0 spiro atoms. The second-order valence-corrected chi connectivity index (χ2v) is 7.58. The second kappa shape index (κ2) is 9.00. The molecular weight excluding hydrogens is 396 g/mol. The lowest BCUT2D eigenvalue weighted by atomic mass is 10.2. The van der Waals surface area contributed by atoms with E-state index in [1.54, 1.807) is 38.4 Å². The zero-order chi connectivity index (χ0) is 20.9. The molecule has 30 heavy (non-hydrogen) atoms. The first-order valence-electron chi connectivity index (χ1n) is 9.46. The molecule has 0 fully saturated rings. The van der Waals surface area contributed by atoms with Gasteiger partial charge in [0.05, 0.1) is 19.9 Å². The molecule has 0 amide bonds. The van der Waals surface area contributed by atoms with Crippen LogP contribution in [0.4, 0.5) is 0 Å². The summed E-state index contributed by atoms with van der Waals surface area (Å²) in [7, 11) is 3.33. The summed E-state index contributed by atoms with van der Waals surface area (Å²) in [6, 6.07) is 17.9. The minimum Gasteiger partial charge on any atom is -0.497 e. The van der Waals surface area contributed by atoms with Gasteiger partial charge in [-0.1, -0.05) is 30.0 Å². The number of rotatable bonds is 7. The van der Waals surface area contributed by atoms with Crippen LogP contribution >= 0.6 is 11.8 Å². The van der Waals surface area contributed by atoms with Gasteiger partial charge < -0.3 is 9.47 Å². The molecule has 2 heterocycles. The van der Waals surface area contributed by atoms with Crippen LogP contribution in [0.2, 0.25) is 0 Å². The Bertz CT molecular complexity index is 1150. The van der Waals surface area contributed by atoms with Crippen molar-refractivity contribution in [2.75, 3.05) is 14.2 Å². The minimum atomic E-state index is 0.664. The van der Waals surface area contributed by atoms with E-state index in [1.165, 1.54) is 0 Å². The average molecular weight is 419 g/mol. The van der Waals surface area contributed by atoms with E-state index in [1.807, 2.05) is 42.5 Å². The topological polar surface area (TPSA) is 62.1 Å². The molecule has 4 aromatic rings. The van der Waals surface area contributed by atoms with E-state index < -0.39 is 0 Å². The van der Waals surface area contributed by atoms with Crippen molar-refractivity contribution in [2.24, 2.45) is 0 Å². The normalized spacial score (nSPS) is 10.8. The van der Waals surface area contributed by atoms with Gasteiger partial charge in [0.15, 0.2) is 11.0 Å². The van der Waals surface area contributed by atoms with E-state index in [0.717, 1.165) is 44.9 Å². The summed E-state index contributed by atoms with van der Waals surface area (Å²) in [6.07, 6.45) is 3.56. The van der Waals surface area contributed by atoms with E-state index in [9.17, 15) is 0 Å². The van der Waals surface area contributed by atoms with E-state index >= 15 is 0 Å². The van der Waals surface area contributed by atoms with Crippen molar-refractivity contribution in [1.29, 1.82) is 0 Å². The molecule has 7 heteroatoms. The number of nitrogens with zero attached hydrogens (tertiary/aromatic N) is 4. The van der Waals surface area contributed by atoms with E-state index in [2.05, 4.69) is 38.8 Å². The predicted molar refractivity (Wildman–Crippen MR) is 118 cm³/mol. The Hall–Kier alpha value is -3.32. The molecule has 0 unspecified atom stereocenters. The standard InChI is InChI=1S/C23H22N4O2S/c1-16-7-4-5-9-20(16)27-22(17-8-6-12-24-14-17)25-26-23(27)30-15-18-13-19(28-2)10-11-21(18)29-3/h4-14H,15H2,1-3H3. The smallest absolute Gasteiger partial charge is 0.196 e. The molecule has 0 radical (unpaired) electrons. The van der Waals surface area contributed by atoms with E-state index in [4.69, 9.17) is 9.47 Å². The van der Waals surface area contributed by atoms with Crippen LogP contribution in [0.5, 0.6) is 11.5 Å². The lowest BCUT2D eigenvalue weighted by Crippen LogP contribution is -2.02. The Labute approximate surface area is 179 Å². The summed E-state index contributed by atoms with van der Waals surface area (Å²) >= 11 is 1.60. The molecule has 2 aromatic heterocycles. The Morgan fingerprint density at radius 2 is 1.83 bits per heavy atom. The summed E-state index contributed by atoms with van der Waals surface area (Å²) in [5, 5.41) is 9.79. The maximum absolute atomic E-state index is 5.52. The largest absolute Gasteiger partial charge is 0.497 e. The molecule has 0 aliphatic rings. The molecule has 6 nitrogen and oxygen atoms in total. The lowest BCUT2D eigenvalue weighted by Gasteiger charge is -2.14. The Balaban J connectivity index is 1.74. The van der Waals surface area contributed by atoms with Gasteiger partial charge >= 0.3 is 0 Å². The molecule has 152 valence electrons. The summed E-state index contributed by atoms with van der Waals surface area (Å²) in [5.74, 6) is 3.04. The zero-order valence-corrected chi connectivity index (χ0v) is 17.9. The number of thioether (sulfide) groups is 1. The Morgan fingerprint density at radius 1 is 0.967 bits per heavy atom. The fourth-order valence-electron chi connectivity index (χ4n) is 3.21. The Morgan fingerprint density at radius 3 is 2.57 bits per heavy atom. The molecule has 0 aliphatic heterocycles. The number of aromatic nitrogens is 4. The van der Waals surface area contributed by atoms with Crippen molar-refractivity contribution in [3.8, 4) is 28.6 Å². The predicted octanol–water partition coefficient (Wildman–Crippen LogP) is 4.95. The van der Waals surface area contributed by atoms with Crippen molar-refractivity contribution in [3.05, 3.63) is 78.1 Å². The number of ether oxygens (including phenoxy) is 2. The fraction of sp³-hybridized carbons (Fsp3) is 0.174. The van der Waals surface area contributed by atoms with Gasteiger partial charge in [0, 0.05) is 29.3 Å². The molecule has 4 rings (SSSR count). The van der Waals surface area contributed by atoms with Crippen molar-refractivity contribution in [1.82, 2.24) is 19.7 Å². The number of methoxy groups -OCH3 is 2. The van der Waals surface area contributed by atoms with Gasteiger partial charge in [-0.2, -0.15) is 0 Å². The number of hydrogen-bond donors (Lipinski definition) is 0. The zero-order valence-electron chi connectivity index (χ0n) is 17.1. The summed E-state index contributed by atoms with van der Waals surface area (Å²) in [5.41, 5.74) is 4.13. The van der Waals surface area contributed by atoms with Crippen LogP contribution in [0.1, 0.15) is 11.1 Å². The van der Waals surface area contributed by atoms with Gasteiger partial charge in [-0.05, 0) is 48.9 Å². The number of benzene rings is 2. The summed E-state index contributed by atoms with van der Waals surface area (Å²) in [4.78, 5) is 4.24. The molecule has 0 aliphatic carbocycles. The van der Waals surface area contributed by atoms with Crippen LogP contribution in [0.25, 0.3) is 17.1 Å². The third kappa shape index (κ3) is 4.02. The van der Waals surface area contributed by atoms with Crippen LogP contribution in [0.3, 0.4) is 0 Å². The molecule has 2 aromatic carbocycles. The highest BCUT2D eigenvalue weighted by Gasteiger charge is 2.18. The third-order valence-corrected chi connectivity index (χ3v) is 5.73. The van der Waals surface area contributed by atoms with E-state index in [-0.39, 0.29) is 0 Å². The van der Waals surface area contributed by atoms with Gasteiger partial charge in [0.2, 0.25) is 0 Å². The van der Waals surface area contributed by atoms with Gasteiger partial charge in [0.1, 0.15) is 11.5 Å². The SMILES string of the molecule is COc1ccc(OC)c(CSc2nnc(-c3cccnc3)n2-c2ccccc2C)c1. The monoisotopic (exact) mass is 418 g/mol. The number of aryl methyl sites for hydroxylation is 1. The summed E-state index contributed by atoms with van der Waals surface area (Å²) in [6.45, 7) is 2.09. The highest BCUT2D eigenvalue weighted by Crippen LogP contribution is 2.33.